The van der Waals surface area contributed by atoms with Crippen molar-refractivity contribution in [3.05, 3.63) is 118 Å². The third-order valence-corrected chi connectivity index (χ3v) is 7.34. The van der Waals surface area contributed by atoms with Crippen LogP contribution in [0.1, 0.15) is 33.4 Å². The number of aryl methyl sites for hydroxylation is 4. The van der Waals surface area contributed by atoms with Gasteiger partial charge in [0.25, 0.3) is 0 Å². The van der Waals surface area contributed by atoms with Gasteiger partial charge in [0, 0.05) is 18.0 Å². The highest BCUT2D eigenvalue weighted by Crippen LogP contribution is 2.34. The molecule has 0 saturated heterocycles. The van der Waals surface area contributed by atoms with Gasteiger partial charge in [-0.05, 0) is 80.3 Å². The van der Waals surface area contributed by atoms with E-state index in [-0.39, 0.29) is 5.75 Å². The van der Waals surface area contributed by atoms with Gasteiger partial charge in [0.2, 0.25) is 0 Å². The molecule has 0 fully saturated rings. The minimum atomic E-state index is 0.258. The molecular formula is C32H34N2O2S. The van der Waals surface area contributed by atoms with Crippen molar-refractivity contribution in [1.82, 2.24) is 4.90 Å². The highest BCUT2D eigenvalue weighted by molar-refractivity contribution is 8.13. The van der Waals surface area contributed by atoms with Crippen LogP contribution in [0.4, 0.5) is 5.69 Å². The van der Waals surface area contributed by atoms with E-state index in [1.165, 1.54) is 22.3 Å². The number of methoxy groups -OCH3 is 1. The van der Waals surface area contributed by atoms with Crippen LogP contribution in [-0.2, 0) is 13.1 Å². The summed E-state index contributed by atoms with van der Waals surface area (Å²) >= 11 is 1.66. The number of amidine groups is 1. The molecule has 0 saturated carbocycles. The molecule has 0 unspecified atom stereocenters. The van der Waals surface area contributed by atoms with E-state index in [0.29, 0.717) is 13.1 Å². The van der Waals surface area contributed by atoms with Crippen molar-refractivity contribution < 1.29 is 9.84 Å². The monoisotopic (exact) mass is 510 g/mol. The first-order valence-electron chi connectivity index (χ1n) is 12.4. The predicted octanol–water partition coefficient (Wildman–Crippen LogP) is 8.12. The van der Waals surface area contributed by atoms with Crippen molar-refractivity contribution >= 4 is 22.6 Å². The summed E-state index contributed by atoms with van der Waals surface area (Å²) in [5.41, 5.74) is 7.78. The Morgan fingerprint density at radius 2 is 1.46 bits per heavy atom. The third-order valence-electron chi connectivity index (χ3n) is 6.13. The number of rotatable bonds is 7. The number of benzene rings is 4. The van der Waals surface area contributed by atoms with Crippen molar-refractivity contribution in [2.75, 3.05) is 7.11 Å². The van der Waals surface area contributed by atoms with Gasteiger partial charge < -0.3 is 14.7 Å². The van der Waals surface area contributed by atoms with Crippen molar-refractivity contribution in [2.45, 2.75) is 45.7 Å². The van der Waals surface area contributed by atoms with Crippen molar-refractivity contribution in [3.63, 3.8) is 0 Å². The fourth-order valence-electron chi connectivity index (χ4n) is 4.14. The van der Waals surface area contributed by atoms with Crippen LogP contribution in [0.25, 0.3) is 0 Å². The molecule has 0 atom stereocenters. The van der Waals surface area contributed by atoms with E-state index >= 15 is 0 Å². The molecule has 0 aromatic heterocycles. The predicted molar refractivity (Wildman–Crippen MR) is 155 cm³/mol. The van der Waals surface area contributed by atoms with Crippen LogP contribution in [0.3, 0.4) is 0 Å². The molecule has 4 rings (SSSR count). The van der Waals surface area contributed by atoms with Crippen molar-refractivity contribution in [2.24, 2.45) is 4.99 Å². The first-order chi connectivity index (χ1) is 17.8. The standard InChI is InChI=1S/C32H34N2O2S/c1-22-9-13-26(14-10-22)20-34(21-27-7-6-8-28(35)19-27)32(37-31-16-12-23(2)17-25(31)4)33-29-18-24(3)11-15-30(29)36-5/h6-19,35H,20-21H2,1-5H3. The highest BCUT2D eigenvalue weighted by Gasteiger charge is 2.18. The van der Waals surface area contributed by atoms with E-state index in [9.17, 15) is 5.11 Å². The Bertz CT molecular complexity index is 1400. The number of aromatic hydroxyl groups is 1. The summed E-state index contributed by atoms with van der Waals surface area (Å²) in [6, 6.07) is 28.6. The number of nitrogens with zero attached hydrogens (tertiary/aromatic N) is 2. The van der Waals surface area contributed by atoms with Crippen molar-refractivity contribution in [1.29, 1.82) is 0 Å². The smallest absolute Gasteiger partial charge is 0.170 e. The molecule has 190 valence electrons. The Labute approximate surface area is 224 Å². The second kappa shape index (κ2) is 12.0. The topological polar surface area (TPSA) is 45.1 Å². The van der Waals surface area contributed by atoms with Gasteiger partial charge in [-0.15, -0.1) is 0 Å². The summed E-state index contributed by atoms with van der Waals surface area (Å²) in [4.78, 5) is 8.62. The maximum absolute atomic E-state index is 10.1. The summed E-state index contributed by atoms with van der Waals surface area (Å²) in [7, 11) is 1.68. The lowest BCUT2D eigenvalue weighted by Crippen LogP contribution is -2.28. The average Bonchev–Trinajstić information content (AvgIpc) is 2.86. The van der Waals surface area contributed by atoms with E-state index in [4.69, 9.17) is 9.73 Å². The minimum Gasteiger partial charge on any atom is -0.508 e. The summed E-state index contributed by atoms with van der Waals surface area (Å²) in [6.07, 6.45) is 0. The largest absolute Gasteiger partial charge is 0.508 e. The zero-order valence-electron chi connectivity index (χ0n) is 22.2. The lowest BCUT2D eigenvalue weighted by molar-refractivity contribution is 0.409. The SMILES string of the molecule is COc1ccc(C)cc1N=C(Sc1ccc(C)cc1C)N(Cc1ccc(C)cc1)Cc1cccc(O)c1. The van der Waals surface area contributed by atoms with Gasteiger partial charge in [-0.3, -0.25) is 0 Å². The first-order valence-corrected chi connectivity index (χ1v) is 13.2. The second-order valence-corrected chi connectivity index (χ2v) is 10.5. The quantitative estimate of drug-likeness (QED) is 0.155. The molecule has 5 heteroatoms. The zero-order chi connectivity index (χ0) is 26.4. The Balaban J connectivity index is 1.83. The molecule has 0 aliphatic carbocycles. The highest BCUT2D eigenvalue weighted by atomic mass is 32.2. The Morgan fingerprint density at radius 3 is 2.16 bits per heavy atom. The van der Waals surface area contributed by atoms with Crippen LogP contribution in [0.15, 0.2) is 94.8 Å². The molecule has 0 amide bonds. The van der Waals surface area contributed by atoms with Gasteiger partial charge in [-0.25, -0.2) is 4.99 Å². The van der Waals surface area contributed by atoms with Crippen LogP contribution in [0.2, 0.25) is 0 Å². The molecular weight excluding hydrogens is 476 g/mol. The van der Waals surface area contributed by atoms with Gasteiger partial charge >= 0.3 is 0 Å². The van der Waals surface area contributed by atoms with Gasteiger partial charge in [0.05, 0.1) is 7.11 Å². The normalized spacial score (nSPS) is 11.4. The van der Waals surface area contributed by atoms with E-state index in [2.05, 4.69) is 81.1 Å². The number of aliphatic imine (C=N–C) groups is 1. The van der Waals surface area contributed by atoms with Crippen molar-refractivity contribution in [3.8, 4) is 11.5 Å². The van der Waals surface area contributed by atoms with E-state index in [1.54, 1.807) is 24.9 Å². The van der Waals surface area contributed by atoms with E-state index in [0.717, 1.165) is 32.6 Å². The number of hydrogen-bond donors (Lipinski definition) is 1. The molecule has 4 nitrogen and oxygen atoms in total. The number of hydrogen-bond acceptors (Lipinski definition) is 4. The first kappa shape index (κ1) is 26.4. The molecule has 37 heavy (non-hydrogen) atoms. The Morgan fingerprint density at radius 1 is 0.784 bits per heavy atom. The van der Waals surface area contributed by atoms with Crippen LogP contribution in [0, 0.1) is 27.7 Å². The fraction of sp³-hybridized carbons (Fsp3) is 0.219. The fourth-order valence-corrected chi connectivity index (χ4v) is 5.10. The molecule has 0 bridgehead atoms. The van der Waals surface area contributed by atoms with E-state index < -0.39 is 0 Å². The zero-order valence-corrected chi connectivity index (χ0v) is 23.0. The Kier molecular flexibility index (Phi) is 8.57. The number of thioether (sulfide) groups is 1. The number of phenolic OH excluding ortho intramolecular Hbond substituents is 1. The summed E-state index contributed by atoms with van der Waals surface area (Å²) in [5.74, 6) is 0.991. The molecule has 0 radical (unpaired) electrons. The van der Waals surface area contributed by atoms with Crippen LogP contribution >= 0.6 is 11.8 Å². The van der Waals surface area contributed by atoms with Gasteiger partial charge in [0.1, 0.15) is 17.2 Å². The number of phenols is 1. The lowest BCUT2D eigenvalue weighted by Gasteiger charge is -2.27. The average molecular weight is 511 g/mol. The van der Waals surface area contributed by atoms with Gasteiger partial charge in [0.15, 0.2) is 5.17 Å². The molecule has 0 heterocycles. The minimum absolute atomic E-state index is 0.258. The lowest BCUT2D eigenvalue weighted by atomic mass is 10.1. The van der Waals surface area contributed by atoms with Crippen LogP contribution in [-0.4, -0.2) is 22.3 Å². The summed E-state index contributed by atoms with van der Waals surface area (Å²) in [5, 5.41) is 11.0. The molecule has 4 aromatic rings. The van der Waals surface area contributed by atoms with Crippen LogP contribution in [0.5, 0.6) is 11.5 Å². The maximum Gasteiger partial charge on any atom is 0.170 e. The Hall–Kier alpha value is -3.70. The molecule has 4 aromatic carbocycles. The number of ether oxygens (including phenoxy) is 1. The molecule has 0 aliphatic rings. The summed E-state index contributed by atoms with van der Waals surface area (Å²) < 4.78 is 5.67. The second-order valence-electron chi connectivity index (χ2n) is 9.45. The van der Waals surface area contributed by atoms with E-state index in [1.807, 2.05) is 30.3 Å². The summed E-state index contributed by atoms with van der Waals surface area (Å²) in [6.45, 7) is 9.67. The maximum atomic E-state index is 10.1. The molecule has 0 aliphatic heterocycles. The van der Waals surface area contributed by atoms with Crippen LogP contribution < -0.4 is 4.74 Å². The molecule has 1 N–H and O–H groups in total. The third kappa shape index (κ3) is 7.17. The van der Waals surface area contributed by atoms with Gasteiger partial charge in [-0.1, -0.05) is 77.5 Å². The molecule has 0 spiro atoms. The van der Waals surface area contributed by atoms with Gasteiger partial charge in [-0.2, -0.15) is 0 Å².